The van der Waals surface area contributed by atoms with Gasteiger partial charge >= 0.3 is 5.97 Å². The van der Waals surface area contributed by atoms with Crippen molar-refractivity contribution in [2.75, 3.05) is 18.5 Å². The molecule has 0 saturated carbocycles. The van der Waals surface area contributed by atoms with Gasteiger partial charge in [0, 0.05) is 25.7 Å². The Kier molecular flexibility index (Phi) is 5.09. The number of aliphatic hydroxyl groups excluding tert-OH is 1. The number of hydrogen-bond donors (Lipinski definition) is 2. The van der Waals surface area contributed by atoms with E-state index in [0.717, 1.165) is 5.69 Å². The highest BCUT2D eigenvalue weighted by Gasteiger charge is 2.11. The van der Waals surface area contributed by atoms with E-state index in [1.54, 1.807) is 31.0 Å². The summed E-state index contributed by atoms with van der Waals surface area (Å²) < 4.78 is 13.1. The van der Waals surface area contributed by atoms with E-state index in [9.17, 15) is 14.3 Å². The third-order valence-corrected chi connectivity index (χ3v) is 2.76. The Bertz CT molecular complexity index is 423. The Morgan fingerprint density at radius 2 is 2.17 bits per heavy atom. The Morgan fingerprint density at radius 1 is 1.50 bits per heavy atom. The SMILES string of the molecule is Cc1cc(N(C)CC(O)CCC(=O)O)ccc1F. The third kappa shape index (κ3) is 4.33. The molecule has 4 nitrogen and oxygen atoms in total. The second-order valence-corrected chi connectivity index (χ2v) is 4.40. The van der Waals surface area contributed by atoms with E-state index in [1.807, 2.05) is 0 Å². The topological polar surface area (TPSA) is 60.8 Å². The predicted molar refractivity (Wildman–Crippen MR) is 67.3 cm³/mol. The van der Waals surface area contributed by atoms with Gasteiger partial charge in [-0.2, -0.15) is 0 Å². The predicted octanol–water partition coefficient (Wildman–Crippen LogP) is 1.80. The number of aryl methyl sites for hydroxylation is 1. The van der Waals surface area contributed by atoms with Gasteiger partial charge in [0.1, 0.15) is 5.82 Å². The molecule has 2 N–H and O–H groups in total. The first-order chi connectivity index (χ1) is 8.40. The maximum atomic E-state index is 13.1. The van der Waals surface area contributed by atoms with Crippen molar-refractivity contribution in [3.05, 3.63) is 29.6 Å². The zero-order valence-corrected chi connectivity index (χ0v) is 10.6. The number of halogens is 1. The fraction of sp³-hybridized carbons (Fsp3) is 0.462. The number of carboxylic acid groups (broad SMARTS) is 1. The van der Waals surface area contributed by atoms with E-state index in [-0.39, 0.29) is 18.7 Å². The van der Waals surface area contributed by atoms with Crippen molar-refractivity contribution < 1.29 is 19.4 Å². The minimum absolute atomic E-state index is 0.0581. The van der Waals surface area contributed by atoms with E-state index in [1.165, 1.54) is 6.07 Å². The highest BCUT2D eigenvalue weighted by atomic mass is 19.1. The molecule has 0 amide bonds. The second-order valence-electron chi connectivity index (χ2n) is 4.40. The summed E-state index contributed by atoms with van der Waals surface area (Å²) in [6.45, 7) is 1.99. The van der Waals surface area contributed by atoms with Crippen LogP contribution in [-0.4, -0.2) is 35.9 Å². The molecule has 0 bridgehead atoms. The van der Waals surface area contributed by atoms with Gasteiger partial charge in [0.05, 0.1) is 6.10 Å². The summed E-state index contributed by atoms with van der Waals surface area (Å²) >= 11 is 0. The molecule has 5 heteroatoms. The van der Waals surface area contributed by atoms with Crippen LogP contribution in [-0.2, 0) is 4.79 Å². The van der Waals surface area contributed by atoms with Gasteiger partial charge in [-0.15, -0.1) is 0 Å². The van der Waals surface area contributed by atoms with E-state index >= 15 is 0 Å². The number of aliphatic hydroxyl groups is 1. The molecule has 0 saturated heterocycles. The van der Waals surface area contributed by atoms with Crippen LogP contribution in [0.3, 0.4) is 0 Å². The fourth-order valence-corrected chi connectivity index (χ4v) is 1.67. The van der Waals surface area contributed by atoms with Crippen molar-refractivity contribution in [1.29, 1.82) is 0 Å². The molecule has 100 valence electrons. The molecule has 0 aromatic heterocycles. The summed E-state index contributed by atoms with van der Waals surface area (Å²) in [6.07, 6.45) is -0.562. The number of hydrogen-bond acceptors (Lipinski definition) is 3. The largest absolute Gasteiger partial charge is 0.481 e. The lowest BCUT2D eigenvalue weighted by molar-refractivity contribution is -0.137. The van der Waals surface area contributed by atoms with Crippen molar-refractivity contribution in [2.24, 2.45) is 0 Å². The number of nitrogens with zero attached hydrogens (tertiary/aromatic N) is 1. The van der Waals surface area contributed by atoms with Crippen molar-refractivity contribution in [2.45, 2.75) is 25.9 Å². The minimum Gasteiger partial charge on any atom is -0.481 e. The molecule has 0 fully saturated rings. The molecule has 1 aromatic carbocycles. The smallest absolute Gasteiger partial charge is 0.303 e. The van der Waals surface area contributed by atoms with Crippen LogP contribution in [0.5, 0.6) is 0 Å². The highest BCUT2D eigenvalue weighted by molar-refractivity contribution is 5.66. The minimum atomic E-state index is -0.922. The molecule has 1 atom stereocenters. The number of carboxylic acids is 1. The molecule has 1 aromatic rings. The summed E-state index contributed by atoms with van der Waals surface area (Å²) in [5.41, 5.74) is 1.34. The second kappa shape index (κ2) is 6.35. The van der Waals surface area contributed by atoms with Crippen LogP contribution in [0.4, 0.5) is 10.1 Å². The summed E-state index contributed by atoms with van der Waals surface area (Å²) in [6, 6.07) is 4.70. The first kappa shape index (κ1) is 14.4. The van der Waals surface area contributed by atoms with E-state index in [0.29, 0.717) is 12.1 Å². The van der Waals surface area contributed by atoms with Crippen molar-refractivity contribution >= 4 is 11.7 Å². The first-order valence-electron chi connectivity index (χ1n) is 5.77. The monoisotopic (exact) mass is 255 g/mol. The molecular formula is C13H18FNO3. The fourth-order valence-electron chi connectivity index (χ4n) is 1.67. The average Bonchev–Trinajstić information content (AvgIpc) is 2.30. The molecular weight excluding hydrogens is 237 g/mol. The van der Waals surface area contributed by atoms with Crippen LogP contribution in [0.15, 0.2) is 18.2 Å². The number of aliphatic carboxylic acids is 1. The normalized spacial score (nSPS) is 12.2. The van der Waals surface area contributed by atoms with E-state index in [2.05, 4.69) is 0 Å². The van der Waals surface area contributed by atoms with Crippen LogP contribution in [0, 0.1) is 12.7 Å². The van der Waals surface area contributed by atoms with Gasteiger partial charge in [-0.05, 0) is 37.1 Å². The summed E-state index contributed by atoms with van der Waals surface area (Å²) in [4.78, 5) is 12.2. The van der Waals surface area contributed by atoms with Crippen LogP contribution in [0.25, 0.3) is 0 Å². The molecule has 0 aliphatic carbocycles. The molecule has 0 aliphatic rings. The molecule has 0 aliphatic heterocycles. The maximum Gasteiger partial charge on any atom is 0.303 e. The Hall–Kier alpha value is -1.62. The van der Waals surface area contributed by atoms with Gasteiger partial charge in [0.15, 0.2) is 0 Å². The van der Waals surface area contributed by atoms with Gasteiger partial charge < -0.3 is 15.1 Å². The molecule has 1 unspecified atom stereocenters. The molecule has 0 spiro atoms. The van der Waals surface area contributed by atoms with Gasteiger partial charge in [-0.1, -0.05) is 0 Å². The summed E-state index contributed by atoms with van der Waals surface area (Å²) in [5.74, 6) is -1.19. The number of anilines is 1. The maximum absolute atomic E-state index is 13.1. The number of carbonyl (C=O) groups is 1. The van der Waals surface area contributed by atoms with Gasteiger partial charge in [0.2, 0.25) is 0 Å². The molecule has 0 heterocycles. The summed E-state index contributed by atoms with van der Waals surface area (Å²) in [5, 5.41) is 18.2. The molecule has 0 radical (unpaired) electrons. The van der Waals surface area contributed by atoms with Gasteiger partial charge in [-0.3, -0.25) is 4.79 Å². The zero-order chi connectivity index (χ0) is 13.7. The number of rotatable bonds is 6. The van der Waals surface area contributed by atoms with Crippen LogP contribution in [0.2, 0.25) is 0 Å². The lowest BCUT2D eigenvalue weighted by Gasteiger charge is -2.23. The van der Waals surface area contributed by atoms with Gasteiger partial charge in [0.25, 0.3) is 0 Å². The first-order valence-corrected chi connectivity index (χ1v) is 5.77. The Morgan fingerprint density at radius 3 is 2.72 bits per heavy atom. The van der Waals surface area contributed by atoms with E-state index in [4.69, 9.17) is 5.11 Å². The van der Waals surface area contributed by atoms with Crippen LogP contribution >= 0.6 is 0 Å². The average molecular weight is 255 g/mol. The lowest BCUT2D eigenvalue weighted by atomic mass is 10.1. The van der Waals surface area contributed by atoms with Crippen molar-refractivity contribution in [1.82, 2.24) is 0 Å². The quantitative estimate of drug-likeness (QED) is 0.813. The van der Waals surface area contributed by atoms with Gasteiger partial charge in [-0.25, -0.2) is 4.39 Å². The number of likely N-dealkylation sites (N-methyl/N-ethyl adjacent to an activating group) is 1. The standard InChI is InChI=1S/C13H18FNO3/c1-9-7-10(3-5-12(9)14)15(2)8-11(16)4-6-13(17)18/h3,5,7,11,16H,4,6,8H2,1-2H3,(H,17,18). The van der Waals surface area contributed by atoms with E-state index < -0.39 is 12.1 Å². The Labute approximate surface area is 106 Å². The highest BCUT2D eigenvalue weighted by Crippen LogP contribution is 2.17. The zero-order valence-electron chi connectivity index (χ0n) is 10.6. The Balaban J connectivity index is 2.56. The lowest BCUT2D eigenvalue weighted by Crippen LogP contribution is -2.29. The van der Waals surface area contributed by atoms with Crippen LogP contribution < -0.4 is 4.90 Å². The van der Waals surface area contributed by atoms with Crippen molar-refractivity contribution in [3.63, 3.8) is 0 Å². The molecule has 1 rings (SSSR count). The number of benzene rings is 1. The summed E-state index contributed by atoms with van der Waals surface area (Å²) in [7, 11) is 1.77. The molecule has 18 heavy (non-hydrogen) atoms. The van der Waals surface area contributed by atoms with Crippen molar-refractivity contribution in [3.8, 4) is 0 Å². The third-order valence-electron chi connectivity index (χ3n) is 2.76. The van der Waals surface area contributed by atoms with Crippen LogP contribution in [0.1, 0.15) is 18.4 Å².